The fraction of sp³-hybridized carbons (Fsp3) is 0.308. The van der Waals surface area contributed by atoms with Crippen molar-refractivity contribution >= 4 is 10.0 Å². The third-order valence-electron chi connectivity index (χ3n) is 3.00. The molecule has 2 N–H and O–H groups in total. The molecule has 0 aliphatic heterocycles. The zero-order valence-electron chi connectivity index (χ0n) is 11.0. The summed E-state index contributed by atoms with van der Waals surface area (Å²) in [5, 5.41) is 6.98. The number of benzene rings is 1. The van der Waals surface area contributed by atoms with E-state index in [-0.39, 0.29) is 4.90 Å². The number of aromatic amines is 1. The van der Waals surface area contributed by atoms with Crippen LogP contribution in [0.5, 0.6) is 0 Å². The molecule has 1 heterocycles. The van der Waals surface area contributed by atoms with E-state index < -0.39 is 10.0 Å². The standard InChI is InChI=1S/C13H17N3O2S/c1-10-13(11(2)16-15-10)8-9-14-19(17,18)12-6-4-3-5-7-12/h3-7,14H,8-9H2,1-2H3,(H,15,16). The van der Waals surface area contributed by atoms with Crippen molar-refractivity contribution < 1.29 is 8.42 Å². The lowest BCUT2D eigenvalue weighted by molar-refractivity contribution is 0.581. The van der Waals surface area contributed by atoms with Gasteiger partial charge in [-0.3, -0.25) is 5.10 Å². The molecule has 0 bridgehead atoms. The van der Waals surface area contributed by atoms with Crippen LogP contribution in [0.1, 0.15) is 17.0 Å². The zero-order valence-corrected chi connectivity index (χ0v) is 11.8. The molecular formula is C13H17N3O2S. The van der Waals surface area contributed by atoms with E-state index in [1.54, 1.807) is 30.3 Å². The summed E-state index contributed by atoms with van der Waals surface area (Å²) in [6, 6.07) is 8.36. The molecule has 0 saturated carbocycles. The van der Waals surface area contributed by atoms with Crippen LogP contribution in [0.4, 0.5) is 0 Å². The largest absolute Gasteiger partial charge is 0.282 e. The lowest BCUT2D eigenvalue weighted by Crippen LogP contribution is -2.26. The van der Waals surface area contributed by atoms with Crippen LogP contribution in [0.15, 0.2) is 35.2 Å². The first-order valence-electron chi connectivity index (χ1n) is 6.06. The summed E-state index contributed by atoms with van der Waals surface area (Å²) in [5.74, 6) is 0. The van der Waals surface area contributed by atoms with Gasteiger partial charge in [0.25, 0.3) is 0 Å². The maximum absolute atomic E-state index is 12.0. The van der Waals surface area contributed by atoms with Gasteiger partial charge in [0, 0.05) is 12.2 Å². The Morgan fingerprint density at radius 3 is 2.47 bits per heavy atom. The van der Waals surface area contributed by atoms with E-state index in [0.29, 0.717) is 13.0 Å². The van der Waals surface area contributed by atoms with Gasteiger partial charge in [0.2, 0.25) is 10.0 Å². The molecule has 2 aromatic rings. The molecule has 0 spiro atoms. The summed E-state index contributed by atoms with van der Waals surface area (Å²) in [4.78, 5) is 0.288. The molecule has 6 heteroatoms. The van der Waals surface area contributed by atoms with E-state index >= 15 is 0 Å². The fourth-order valence-electron chi connectivity index (χ4n) is 1.94. The van der Waals surface area contributed by atoms with Crippen LogP contribution in [-0.2, 0) is 16.4 Å². The number of nitrogens with one attached hydrogen (secondary N) is 2. The highest BCUT2D eigenvalue weighted by Gasteiger charge is 2.13. The Balaban J connectivity index is 2.00. The first-order chi connectivity index (χ1) is 9.00. The second-order valence-corrected chi connectivity index (χ2v) is 6.14. The van der Waals surface area contributed by atoms with Gasteiger partial charge >= 0.3 is 0 Å². The molecule has 0 fully saturated rings. The minimum absolute atomic E-state index is 0.288. The van der Waals surface area contributed by atoms with Crippen molar-refractivity contribution in [1.29, 1.82) is 0 Å². The van der Waals surface area contributed by atoms with Gasteiger partial charge in [-0.15, -0.1) is 0 Å². The van der Waals surface area contributed by atoms with Gasteiger partial charge in [0.1, 0.15) is 0 Å². The molecule has 0 atom stereocenters. The number of rotatable bonds is 5. The van der Waals surface area contributed by atoms with Gasteiger partial charge in [-0.05, 0) is 38.0 Å². The van der Waals surface area contributed by atoms with E-state index in [1.807, 2.05) is 13.8 Å². The summed E-state index contributed by atoms with van der Waals surface area (Å²) in [6.45, 7) is 4.20. The van der Waals surface area contributed by atoms with E-state index in [4.69, 9.17) is 0 Å². The van der Waals surface area contributed by atoms with Crippen LogP contribution < -0.4 is 4.72 Å². The number of hydrogen-bond donors (Lipinski definition) is 2. The molecule has 102 valence electrons. The van der Waals surface area contributed by atoms with Crippen molar-refractivity contribution in [3.05, 3.63) is 47.3 Å². The maximum atomic E-state index is 12.0. The van der Waals surface area contributed by atoms with Gasteiger partial charge in [0.15, 0.2) is 0 Å². The average Bonchev–Trinajstić information content (AvgIpc) is 2.71. The summed E-state index contributed by atoms with van der Waals surface area (Å²) in [5.41, 5.74) is 2.96. The summed E-state index contributed by atoms with van der Waals surface area (Å²) >= 11 is 0. The number of aryl methyl sites for hydroxylation is 2. The first kappa shape index (κ1) is 13.8. The van der Waals surface area contributed by atoms with Crippen molar-refractivity contribution in [2.45, 2.75) is 25.2 Å². The minimum atomic E-state index is -3.42. The van der Waals surface area contributed by atoms with Crippen molar-refractivity contribution in [3.8, 4) is 0 Å². The quantitative estimate of drug-likeness (QED) is 0.872. The van der Waals surface area contributed by atoms with Gasteiger partial charge < -0.3 is 0 Å². The summed E-state index contributed by atoms with van der Waals surface area (Å²) in [6.07, 6.45) is 0.625. The molecule has 1 aromatic heterocycles. The molecule has 1 aromatic carbocycles. The number of nitrogens with zero attached hydrogens (tertiary/aromatic N) is 1. The van der Waals surface area contributed by atoms with E-state index in [9.17, 15) is 8.42 Å². The molecule has 0 unspecified atom stereocenters. The van der Waals surface area contributed by atoms with Crippen LogP contribution in [0, 0.1) is 13.8 Å². The molecule has 0 aliphatic carbocycles. The first-order valence-corrected chi connectivity index (χ1v) is 7.54. The molecule has 19 heavy (non-hydrogen) atoms. The summed E-state index contributed by atoms with van der Waals surface area (Å²) in [7, 11) is -3.42. The van der Waals surface area contributed by atoms with Gasteiger partial charge in [0.05, 0.1) is 10.6 Å². The average molecular weight is 279 g/mol. The minimum Gasteiger partial charge on any atom is -0.282 e. The highest BCUT2D eigenvalue weighted by Crippen LogP contribution is 2.11. The number of H-pyrrole nitrogens is 1. The highest BCUT2D eigenvalue weighted by atomic mass is 32.2. The smallest absolute Gasteiger partial charge is 0.240 e. The maximum Gasteiger partial charge on any atom is 0.240 e. The Hall–Kier alpha value is -1.66. The van der Waals surface area contributed by atoms with Gasteiger partial charge in [-0.25, -0.2) is 13.1 Å². The van der Waals surface area contributed by atoms with Gasteiger partial charge in [-0.2, -0.15) is 5.10 Å². The molecule has 0 saturated heterocycles. The lowest BCUT2D eigenvalue weighted by atomic mass is 10.1. The van der Waals surface area contributed by atoms with Crippen LogP contribution in [-0.4, -0.2) is 25.2 Å². The SMILES string of the molecule is Cc1n[nH]c(C)c1CCNS(=O)(=O)c1ccccc1. The van der Waals surface area contributed by atoms with Crippen molar-refractivity contribution in [2.75, 3.05) is 6.54 Å². The Kier molecular flexibility index (Phi) is 4.01. The van der Waals surface area contributed by atoms with Crippen molar-refractivity contribution in [3.63, 3.8) is 0 Å². The Labute approximate surface area is 113 Å². The monoisotopic (exact) mass is 279 g/mol. The van der Waals surface area contributed by atoms with Crippen LogP contribution >= 0.6 is 0 Å². The van der Waals surface area contributed by atoms with E-state index in [1.165, 1.54) is 0 Å². The molecule has 0 amide bonds. The Morgan fingerprint density at radius 1 is 1.21 bits per heavy atom. The fourth-order valence-corrected chi connectivity index (χ4v) is 2.99. The second kappa shape index (κ2) is 5.54. The molecule has 2 rings (SSSR count). The third-order valence-corrected chi connectivity index (χ3v) is 4.48. The zero-order chi connectivity index (χ0) is 13.9. The predicted molar refractivity (Wildman–Crippen MR) is 73.4 cm³/mol. The van der Waals surface area contributed by atoms with E-state index in [2.05, 4.69) is 14.9 Å². The third kappa shape index (κ3) is 3.21. The second-order valence-electron chi connectivity index (χ2n) is 4.37. The van der Waals surface area contributed by atoms with Crippen molar-refractivity contribution in [2.24, 2.45) is 0 Å². The topological polar surface area (TPSA) is 74.8 Å². The normalized spacial score (nSPS) is 11.7. The Bertz CT molecular complexity index is 628. The molecule has 0 radical (unpaired) electrons. The van der Waals surface area contributed by atoms with Gasteiger partial charge in [-0.1, -0.05) is 18.2 Å². The highest BCUT2D eigenvalue weighted by molar-refractivity contribution is 7.89. The predicted octanol–water partition coefficient (Wildman–Crippen LogP) is 1.55. The van der Waals surface area contributed by atoms with Crippen LogP contribution in [0.25, 0.3) is 0 Å². The Morgan fingerprint density at radius 2 is 1.89 bits per heavy atom. The molecule has 0 aliphatic rings. The number of sulfonamides is 1. The lowest BCUT2D eigenvalue weighted by Gasteiger charge is -2.06. The number of hydrogen-bond acceptors (Lipinski definition) is 3. The number of aromatic nitrogens is 2. The van der Waals surface area contributed by atoms with Crippen molar-refractivity contribution in [1.82, 2.24) is 14.9 Å². The van der Waals surface area contributed by atoms with Crippen LogP contribution in [0.2, 0.25) is 0 Å². The van der Waals surface area contributed by atoms with Crippen LogP contribution in [0.3, 0.4) is 0 Å². The van der Waals surface area contributed by atoms with E-state index in [0.717, 1.165) is 17.0 Å². The molecular weight excluding hydrogens is 262 g/mol. The summed E-state index contributed by atoms with van der Waals surface area (Å²) < 4.78 is 26.6. The molecule has 5 nitrogen and oxygen atoms in total.